The third-order valence-electron chi connectivity index (χ3n) is 4.08. The van der Waals surface area contributed by atoms with Gasteiger partial charge in [-0.05, 0) is 12.8 Å². The third-order valence-corrected chi connectivity index (χ3v) is 4.08. The fraction of sp³-hybridized carbons (Fsp3) is 0.789. The van der Waals surface area contributed by atoms with Crippen LogP contribution < -0.4 is 0 Å². The molecule has 0 aromatic heterocycles. The summed E-state index contributed by atoms with van der Waals surface area (Å²) in [4.78, 5) is 21.3. The highest BCUT2D eigenvalue weighted by molar-refractivity contribution is 5.94. The van der Waals surface area contributed by atoms with E-state index in [4.69, 9.17) is 10.2 Å². The molecule has 0 saturated heterocycles. The molecule has 4 nitrogen and oxygen atoms in total. The van der Waals surface area contributed by atoms with Crippen molar-refractivity contribution in [2.24, 2.45) is 5.92 Å². The molecule has 4 heteroatoms. The van der Waals surface area contributed by atoms with Crippen LogP contribution in [0.5, 0.6) is 0 Å². The van der Waals surface area contributed by atoms with Crippen molar-refractivity contribution in [1.29, 1.82) is 0 Å². The van der Waals surface area contributed by atoms with Crippen molar-refractivity contribution in [3.05, 3.63) is 12.2 Å². The first-order valence-corrected chi connectivity index (χ1v) is 9.21. The van der Waals surface area contributed by atoms with Gasteiger partial charge in [0, 0.05) is 0 Å². The van der Waals surface area contributed by atoms with E-state index in [1.165, 1.54) is 70.3 Å². The molecule has 0 heterocycles. The molecule has 2 N–H and O–H groups in total. The molecule has 0 rings (SSSR count). The molecular weight excluding hydrogens is 292 g/mol. The number of rotatable bonds is 16. The van der Waals surface area contributed by atoms with E-state index in [1.54, 1.807) is 6.08 Å². The Morgan fingerprint density at radius 2 is 1.13 bits per heavy atom. The van der Waals surface area contributed by atoms with Gasteiger partial charge in [0.2, 0.25) is 0 Å². The Labute approximate surface area is 141 Å². The second-order valence-corrected chi connectivity index (χ2v) is 6.26. The molecule has 134 valence electrons. The van der Waals surface area contributed by atoms with Gasteiger partial charge < -0.3 is 10.2 Å². The lowest BCUT2D eigenvalue weighted by molar-refractivity contribution is -0.151. The summed E-state index contributed by atoms with van der Waals surface area (Å²) in [6, 6.07) is 0. The maximum atomic E-state index is 10.7. The van der Waals surface area contributed by atoms with Gasteiger partial charge in [0.15, 0.2) is 5.92 Å². The van der Waals surface area contributed by atoms with Crippen LogP contribution in [0.25, 0.3) is 0 Å². The Morgan fingerprint density at radius 3 is 1.52 bits per heavy atom. The molecule has 0 radical (unpaired) electrons. The number of aliphatic carboxylic acids is 2. The van der Waals surface area contributed by atoms with Crippen molar-refractivity contribution in [3.8, 4) is 0 Å². The summed E-state index contributed by atoms with van der Waals surface area (Å²) in [7, 11) is 0. The summed E-state index contributed by atoms with van der Waals surface area (Å²) in [5, 5.41) is 17.4. The monoisotopic (exact) mass is 326 g/mol. The van der Waals surface area contributed by atoms with Gasteiger partial charge in [-0.3, -0.25) is 9.59 Å². The first-order chi connectivity index (χ1) is 11.1. The molecule has 0 unspecified atom stereocenters. The van der Waals surface area contributed by atoms with E-state index in [0.717, 1.165) is 19.3 Å². The number of carbonyl (C=O) groups is 2. The Morgan fingerprint density at radius 1 is 0.739 bits per heavy atom. The van der Waals surface area contributed by atoms with Crippen LogP contribution in [0.1, 0.15) is 90.4 Å². The van der Waals surface area contributed by atoms with Crippen LogP contribution >= 0.6 is 0 Å². The van der Waals surface area contributed by atoms with Crippen molar-refractivity contribution in [3.63, 3.8) is 0 Å². The maximum Gasteiger partial charge on any atom is 0.321 e. The van der Waals surface area contributed by atoms with Gasteiger partial charge in [-0.15, -0.1) is 0 Å². The predicted molar refractivity (Wildman–Crippen MR) is 93.6 cm³/mol. The van der Waals surface area contributed by atoms with Gasteiger partial charge in [0.1, 0.15) is 0 Å². The average molecular weight is 326 g/mol. The predicted octanol–water partition coefficient (Wildman–Crippen LogP) is 5.42. The van der Waals surface area contributed by atoms with Crippen LogP contribution in [0.15, 0.2) is 12.2 Å². The minimum atomic E-state index is -1.41. The second kappa shape index (κ2) is 15.6. The summed E-state index contributed by atoms with van der Waals surface area (Å²) in [6.07, 6.45) is 19.2. The van der Waals surface area contributed by atoms with Gasteiger partial charge in [-0.25, -0.2) is 0 Å². The lowest BCUT2D eigenvalue weighted by atomic mass is 10.0. The Balaban J connectivity index is 3.36. The molecule has 23 heavy (non-hydrogen) atoms. The van der Waals surface area contributed by atoms with Crippen molar-refractivity contribution in [1.82, 2.24) is 0 Å². The van der Waals surface area contributed by atoms with E-state index in [-0.39, 0.29) is 0 Å². The smallest absolute Gasteiger partial charge is 0.321 e. The minimum absolute atomic E-state index is 0.758. The van der Waals surface area contributed by atoms with Crippen LogP contribution in [0.4, 0.5) is 0 Å². The van der Waals surface area contributed by atoms with Crippen molar-refractivity contribution in [2.75, 3.05) is 0 Å². The number of unbranched alkanes of at least 4 members (excludes halogenated alkanes) is 12. The Hall–Kier alpha value is -1.32. The lowest BCUT2D eigenvalue weighted by Crippen LogP contribution is -2.20. The summed E-state index contributed by atoms with van der Waals surface area (Å²) in [5.41, 5.74) is 0. The van der Waals surface area contributed by atoms with Crippen molar-refractivity contribution in [2.45, 2.75) is 90.4 Å². The van der Waals surface area contributed by atoms with Crippen LogP contribution in [0.3, 0.4) is 0 Å². The van der Waals surface area contributed by atoms with Gasteiger partial charge in [0.25, 0.3) is 0 Å². The molecule has 0 atom stereocenters. The van der Waals surface area contributed by atoms with E-state index in [2.05, 4.69) is 6.92 Å². The zero-order valence-corrected chi connectivity index (χ0v) is 14.6. The van der Waals surface area contributed by atoms with Crippen LogP contribution in [-0.4, -0.2) is 22.2 Å². The number of carboxylic acid groups (broad SMARTS) is 2. The second-order valence-electron chi connectivity index (χ2n) is 6.26. The highest BCUT2D eigenvalue weighted by Crippen LogP contribution is 2.12. The van der Waals surface area contributed by atoms with Crippen LogP contribution in [-0.2, 0) is 9.59 Å². The fourth-order valence-corrected chi connectivity index (χ4v) is 2.61. The highest BCUT2D eigenvalue weighted by atomic mass is 16.4. The van der Waals surface area contributed by atoms with Gasteiger partial charge in [0.05, 0.1) is 0 Å². The molecule has 0 saturated carbocycles. The van der Waals surface area contributed by atoms with Crippen LogP contribution in [0.2, 0.25) is 0 Å². The topological polar surface area (TPSA) is 74.6 Å². The minimum Gasteiger partial charge on any atom is -0.480 e. The largest absolute Gasteiger partial charge is 0.480 e. The Bertz CT molecular complexity index is 322. The molecule has 0 aliphatic carbocycles. The molecule has 0 spiro atoms. The maximum absolute atomic E-state index is 10.7. The Kier molecular flexibility index (Phi) is 14.7. The SMILES string of the molecule is CCCCCCCCCCCCCC/C=C\C(C(=O)O)C(=O)O. The molecule has 0 fully saturated rings. The average Bonchev–Trinajstić information content (AvgIpc) is 2.50. The quantitative estimate of drug-likeness (QED) is 0.226. The first kappa shape index (κ1) is 21.7. The number of hydrogen-bond acceptors (Lipinski definition) is 2. The molecule has 0 amide bonds. The van der Waals surface area contributed by atoms with Gasteiger partial charge in [-0.2, -0.15) is 0 Å². The summed E-state index contributed by atoms with van der Waals surface area (Å²) in [6.45, 7) is 2.24. The summed E-state index contributed by atoms with van der Waals surface area (Å²) >= 11 is 0. The van der Waals surface area contributed by atoms with E-state index in [0.29, 0.717) is 0 Å². The molecule has 0 aliphatic heterocycles. The summed E-state index contributed by atoms with van der Waals surface area (Å²) in [5.74, 6) is -4.01. The van der Waals surface area contributed by atoms with E-state index >= 15 is 0 Å². The van der Waals surface area contributed by atoms with Crippen LogP contribution in [0, 0.1) is 5.92 Å². The molecule has 0 aromatic carbocycles. The molecular formula is C19H34O4. The van der Waals surface area contributed by atoms with Gasteiger partial charge >= 0.3 is 11.9 Å². The van der Waals surface area contributed by atoms with Gasteiger partial charge in [-0.1, -0.05) is 89.7 Å². The van der Waals surface area contributed by atoms with E-state index in [9.17, 15) is 9.59 Å². The molecule has 0 bridgehead atoms. The van der Waals surface area contributed by atoms with Crippen molar-refractivity contribution < 1.29 is 19.8 Å². The highest BCUT2D eigenvalue weighted by Gasteiger charge is 2.21. The number of allylic oxidation sites excluding steroid dienone is 1. The zero-order valence-electron chi connectivity index (χ0n) is 14.6. The molecule has 0 aromatic rings. The number of hydrogen-bond donors (Lipinski definition) is 2. The third kappa shape index (κ3) is 14.0. The number of carboxylic acids is 2. The van der Waals surface area contributed by atoms with E-state index in [1.807, 2.05) is 0 Å². The zero-order chi connectivity index (χ0) is 17.3. The van der Waals surface area contributed by atoms with Crippen molar-refractivity contribution >= 4 is 11.9 Å². The van der Waals surface area contributed by atoms with E-state index < -0.39 is 17.9 Å². The standard InChI is InChI=1S/C19H34O4/c1-2-3-4-5-6-7-8-9-10-11-12-13-14-15-16-17(18(20)21)19(22)23/h15-17H,2-14H2,1H3,(H,20,21)(H,22,23)/b16-15-. The normalized spacial score (nSPS) is 11.4. The fourth-order valence-electron chi connectivity index (χ4n) is 2.61. The molecule has 0 aliphatic rings. The summed E-state index contributed by atoms with van der Waals surface area (Å²) < 4.78 is 0. The lowest BCUT2D eigenvalue weighted by Gasteiger charge is -2.02. The first-order valence-electron chi connectivity index (χ1n) is 9.21.